The molecule has 1 aromatic rings. The fourth-order valence-corrected chi connectivity index (χ4v) is 1.12. The van der Waals surface area contributed by atoms with E-state index in [9.17, 15) is 0 Å². The third kappa shape index (κ3) is 3.13. The number of hydrogen-bond acceptors (Lipinski definition) is 4. The second kappa shape index (κ2) is 6.08. The predicted molar refractivity (Wildman–Crippen MR) is 52.3 cm³/mol. The Morgan fingerprint density at radius 3 is 2.79 bits per heavy atom. The van der Waals surface area contributed by atoms with Crippen molar-refractivity contribution >= 4 is 0 Å². The molecule has 0 saturated heterocycles. The Hall–Kier alpha value is -1.44. The Bertz CT molecular complexity index is 294. The molecule has 0 radical (unpaired) electrons. The van der Waals surface area contributed by atoms with Crippen LogP contribution in [0.25, 0.3) is 0 Å². The lowest BCUT2D eigenvalue weighted by Crippen LogP contribution is -2.21. The molecule has 1 aromatic heterocycles. The van der Waals surface area contributed by atoms with Crippen LogP contribution in [0.5, 0.6) is 0 Å². The van der Waals surface area contributed by atoms with Crippen LogP contribution in [-0.4, -0.2) is 23.2 Å². The molecule has 0 aliphatic rings. The molecule has 0 saturated carbocycles. The van der Waals surface area contributed by atoms with Crippen LogP contribution in [0.1, 0.15) is 18.0 Å². The minimum absolute atomic E-state index is 0.140. The summed E-state index contributed by atoms with van der Waals surface area (Å²) in [7, 11) is 0. The minimum Gasteiger partial charge on any atom is -0.396 e. The number of nitrogens with one attached hydrogen (secondary N) is 1. The first kappa shape index (κ1) is 10.6. The molecule has 0 fully saturated rings. The fourth-order valence-electron chi connectivity index (χ4n) is 1.12. The first-order chi connectivity index (χ1) is 6.88. The monoisotopic (exact) mass is 191 g/mol. The quantitative estimate of drug-likeness (QED) is 0.669. The highest BCUT2D eigenvalue weighted by molar-refractivity contribution is 5.20. The normalized spacial score (nSPS) is 12.0. The molecule has 0 aromatic carbocycles. The molecule has 0 spiro atoms. The van der Waals surface area contributed by atoms with Gasteiger partial charge in [-0.1, -0.05) is 0 Å². The molecule has 0 aliphatic heterocycles. The summed E-state index contributed by atoms with van der Waals surface area (Å²) in [6, 6.07) is 5.45. The van der Waals surface area contributed by atoms with Gasteiger partial charge in [-0.3, -0.25) is 10.3 Å². The number of hydrogen-bond donors (Lipinski definition) is 2. The average molecular weight is 191 g/mol. The number of nitriles is 1. The van der Waals surface area contributed by atoms with Crippen molar-refractivity contribution in [3.8, 4) is 6.07 Å². The lowest BCUT2D eigenvalue weighted by molar-refractivity contribution is 0.285. The maximum Gasteiger partial charge on any atom is 0.121 e. The Balaban J connectivity index is 2.52. The maximum absolute atomic E-state index is 8.88. The average Bonchev–Trinajstić information content (AvgIpc) is 2.26. The van der Waals surface area contributed by atoms with Crippen molar-refractivity contribution in [3.05, 3.63) is 30.1 Å². The van der Waals surface area contributed by atoms with Gasteiger partial charge in [-0.2, -0.15) is 5.26 Å². The largest absolute Gasteiger partial charge is 0.396 e. The van der Waals surface area contributed by atoms with Crippen molar-refractivity contribution in [1.29, 1.82) is 5.26 Å². The first-order valence-electron chi connectivity index (χ1n) is 4.52. The molecule has 74 valence electrons. The van der Waals surface area contributed by atoms with Crippen molar-refractivity contribution in [2.45, 2.75) is 12.5 Å². The van der Waals surface area contributed by atoms with E-state index in [0.717, 1.165) is 5.56 Å². The third-order valence-electron chi connectivity index (χ3n) is 1.85. The van der Waals surface area contributed by atoms with Gasteiger partial charge in [0.2, 0.25) is 0 Å². The van der Waals surface area contributed by atoms with Gasteiger partial charge in [0.05, 0.1) is 6.07 Å². The van der Waals surface area contributed by atoms with E-state index < -0.39 is 0 Å². The lowest BCUT2D eigenvalue weighted by Gasteiger charge is -2.10. The van der Waals surface area contributed by atoms with Gasteiger partial charge in [-0.25, -0.2) is 0 Å². The standard InChI is InChI=1S/C10H13N3O/c11-8-10(13-4-1-7-14)9-2-5-12-6-3-9/h2-3,5-6,10,13-14H,1,4,7H2. The van der Waals surface area contributed by atoms with Gasteiger partial charge in [0, 0.05) is 19.0 Å². The van der Waals surface area contributed by atoms with Gasteiger partial charge in [0.25, 0.3) is 0 Å². The smallest absolute Gasteiger partial charge is 0.121 e. The van der Waals surface area contributed by atoms with Crippen molar-refractivity contribution in [2.75, 3.05) is 13.2 Å². The molecule has 0 aliphatic carbocycles. The van der Waals surface area contributed by atoms with E-state index in [0.29, 0.717) is 13.0 Å². The van der Waals surface area contributed by atoms with E-state index >= 15 is 0 Å². The van der Waals surface area contributed by atoms with E-state index in [2.05, 4.69) is 16.4 Å². The summed E-state index contributed by atoms with van der Waals surface area (Å²) in [5, 5.41) is 20.5. The predicted octanol–water partition coefficient (Wildman–Crippen LogP) is 0.618. The molecule has 4 heteroatoms. The minimum atomic E-state index is -0.315. The molecule has 1 rings (SSSR count). The zero-order valence-electron chi connectivity index (χ0n) is 7.85. The summed E-state index contributed by atoms with van der Waals surface area (Å²) in [6.45, 7) is 0.776. The fraction of sp³-hybridized carbons (Fsp3) is 0.400. The van der Waals surface area contributed by atoms with Crippen LogP contribution < -0.4 is 5.32 Å². The summed E-state index contributed by atoms with van der Waals surface area (Å²) in [5.74, 6) is 0. The Kier molecular flexibility index (Phi) is 4.62. The molecule has 1 heterocycles. The van der Waals surface area contributed by atoms with Crippen molar-refractivity contribution in [1.82, 2.24) is 10.3 Å². The topological polar surface area (TPSA) is 68.9 Å². The molecule has 0 amide bonds. The zero-order chi connectivity index (χ0) is 10.2. The van der Waals surface area contributed by atoms with Gasteiger partial charge in [-0.15, -0.1) is 0 Å². The number of aromatic nitrogens is 1. The third-order valence-corrected chi connectivity index (χ3v) is 1.85. The van der Waals surface area contributed by atoms with Crippen LogP contribution in [0.2, 0.25) is 0 Å². The Labute approximate surface area is 83.2 Å². The van der Waals surface area contributed by atoms with Crippen LogP contribution in [0.3, 0.4) is 0 Å². The van der Waals surface area contributed by atoms with E-state index in [1.807, 2.05) is 0 Å². The summed E-state index contributed by atoms with van der Waals surface area (Å²) < 4.78 is 0. The van der Waals surface area contributed by atoms with E-state index in [1.165, 1.54) is 0 Å². The molecular weight excluding hydrogens is 178 g/mol. The van der Waals surface area contributed by atoms with Crippen molar-refractivity contribution in [2.24, 2.45) is 0 Å². The molecule has 0 bridgehead atoms. The van der Waals surface area contributed by atoms with Crippen LogP contribution in [0.4, 0.5) is 0 Å². The Morgan fingerprint density at radius 2 is 2.21 bits per heavy atom. The van der Waals surface area contributed by atoms with Crippen molar-refractivity contribution < 1.29 is 5.11 Å². The molecule has 1 unspecified atom stereocenters. The van der Waals surface area contributed by atoms with E-state index in [1.54, 1.807) is 24.5 Å². The van der Waals surface area contributed by atoms with Crippen LogP contribution >= 0.6 is 0 Å². The highest BCUT2D eigenvalue weighted by Gasteiger charge is 2.07. The number of aliphatic hydroxyl groups is 1. The summed E-state index contributed by atoms with van der Waals surface area (Å²) >= 11 is 0. The van der Waals surface area contributed by atoms with Gasteiger partial charge in [-0.05, 0) is 30.7 Å². The van der Waals surface area contributed by atoms with Gasteiger partial charge < -0.3 is 5.11 Å². The lowest BCUT2D eigenvalue weighted by atomic mass is 10.1. The SMILES string of the molecule is N#CC(NCCCO)c1ccncc1. The Morgan fingerprint density at radius 1 is 1.50 bits per heavy atom. The van der Waals surface area contributed by atoms with Crippen LogP contribution in [0.15, 0.2) is 24.5 Å². The second-order valence-electron chi connectivity index (χ2n) is 2.87. The summed E-state index contributed by atoms with van der Waals surface area (Å²) in [6.07, 6.45) is 3.98. The molecule has 14 heavy (non-hydrogen) atoms. The molecule has 2 N–H and O–H groups in total. The molecule has 1 atom stereocenters. The first-order valence-corrected chi connectivity index (χ1v) is 4.52. The van der Waals surface area contributed by atoms with Crippen molar-refractivity contribution in [3.63, 3.8) is 0 Å². The van der Waals surface area contributed by atoms with Crippen LogP contribution in [0, 0.1) is 11.3 Å². The number of rotatable bonds is 5. The highest BCUT2D eigenvalue weighted by atomic mass is 16.3. The van der Waals surface area contributed by atoms with Crippen LogP contribution in [-0.2, 0) is 0 Å². The van der Waals surface area contributed by atoms with E-state index in [4.69, 9.17) is 10.4 Å². The zero-order valence-corrected chi connectivity index (χ0v) is 7.85. The summed E-state index contributed by atoms with van der Waals surface area (Å²) in [4.78, 5) is 3.88. The van der Waals surface area contributed by atoms with Gasteiger partial charge >= 0.3 is 0 Å². The van der Waals surface area contributed by atoms with E-state index in [-0.39, 0.29) is 12.6 Å². The highest BCUT2D eigenvalue weighted by Crippen LogP contribution is 2.09. The van der Waals surface area contributed by atoms with Gasteiger partial charge in [0.1, 0.15) is 6.04 Å². The number of aliphatic hydroxyl groups excluding tert-OH is 1. The van der Waals surface area contributed by atoms with Gasteiger partial charge in [0.15, 0.2) is 0 Å². The second-order valence-corrected chi connectivity index (χ2v) is 2.87. The number of nitrogens with zero attached hydrogens (tertiary/aromatic N) is 2. The molecule has 4 nitrogen and oxygen atoms in total. The maximum atomic E-state index is 8.88. The number of pyridine rings is 1. The molecular formula is C10H13N3O. The summed E-state index contributed by atoms with van der Waals surface area (Å²) in [5.41, 5.74) is 0.903.